The first-order chi connectivity index (χ1) is 6.70. The van der Waals surface area contributed by atoms with Crippen LogP contribution in [0.1, 0.15) is 44.9 Å². The van der Waals surface area contributed by atoms with Crippen LogP contribution in [0.5, 0.6) is 0 Å². The van der Waals surface area contributed by atoms with Crippen molar-refractivity contribution in [1.29, 1.82) is 0 Å². The minimum absolute atomic E-state index is 0.153. The van der Waals surface area contributed by atoms with E-state index in [1.165, 1.54) is 0 Å². The summed E-state index contributed by atoms with van der Waals surface area (Å²) in [4.78, 5) is 22.5. The largest absolute Gasteiger partial charge is 0.422 e. The topological polar surface area (TPSA) is 52.6 Å². The third-order valence-electron chi connectivity index (χ3n) is 2.75. The van der Waals surface area contributed by atoms with Gasteiger partial charge < -0.3 is 9.47 Å². The van der Waals surface area contributed by atoms with Gasteiger partial charge in [0.2, 0.25) is 0 Å². The summed E-state index contributed by atoms with van der Waals surface area (Å²) in [5.41, 5.74) is 0. The maximum absolute atomic E-state index is 11.2. The number of carbonyl (C=O) groups excluding carboxylic acids is 2. The second-order valence-corrected chi connectivity index (χ2v) is 3.92. The quantitative estimate of drug-likeness (QED) is 0.554. The maximum atomic E-state index is 11.2. The number of hydrogen-bond acceptors (Lipinski definition) is 4. The minimum atomic E-state index is -0.914. The van der Waals surface area contributed by atoms with Crippen molar-refractivity contribution < 1.29 is 19.1 Å². The second-order valence-electron chi connectivity index (χ2n) is 3.92. The standard InChI is InChI=1S/C10H14O4/c11-8-4-5-9(12)14-10(13-8)6-2-1-3-7-10/h1-7H2. The van der Waals surface area contributed by atoms with Crippen LogP contribution in [0.2, 0.25) is 0 Å². The number of rotatable bonds is 0. The molecule has 1 spiro atoms. The van der Waals surface area contributed by atoms with Crippen LogP contribution in [0.15, 0.2) is 0 Å². The average molecular weight is 198 g/mol. The van der Waals surface area contributed by atoms with E-state index in [-0.39, 0.29) is 24.8 Å². The predicted octanol–water partition coefficient (Wildman–Crippen LogP) is 1.53. The van der Waals surface area contributed by atoms with Crippen LogP contribution >= 0.6 is 0 Å². The van der Waals surface area contributed by atoms with Gasteiger partial charge in [0.05, 0.1) is 12.8 Å². The maximum Gasteiger partial charge on any atom is 0.309 e. The zero-order valence-corrected chi connectivity index (χ0v) is 8.08. The second kappa shape index (κ2) is 3.59. The van der Waals surface area contributed by atoms with E-state index >= 15 is 0 Å². The molecule has 1 saturated carbocycles. The molecule has 78 valence electrons. The van der Waals surface area contributed by atoms with Crippen molar-refractivity contribution in [1.82, 2.24) is 0 Å². The fraction of sp³-hybridized carbons (Fsp3) is 0.800. The third kappa shape index (κ3) is 1.89. The molecule has 1 aliphatic carbocycles. The van der Waals surface area contributed by atoms with Gasteiger partial charge in [0.15, 0.2) is 0 Å². The Bertz CT molecular complexity index is 233. The summed E-state index contributed by atoms with van der Waals surface area (Å²) >= 11 is 0. The molecule has 1 heterocycles. The van der Waals surface area contributed by atoms with Crippen molar-refractivity contribution >= 4 is 11.9 Å². The van der Waals surface area contributed by atoms with Gasteiger partial charge in [-0.2, -0.15) is 0 Å². The van der Waals surface area contributed by atoms with Crippen LogP contribution in [0.4, 0.5) is 0 Å². The molecule has 0 atom stereocenters. The van der Waals surface area contributed by atoms with Gasteiger partial charge in [-0.25, -0.2) is 0 Å². The van der Waals surface area contributed by atoms with Gasteiger partial charge >= 0.3 is 11.9 Å². The van der Waals surface area contributed by atoms with Gasteiger partial charge in [0.25, 0.3) is 5.79 Å². The van der Waals surface area contributed by atoms with E-state index in [1.54, 1.807) is 0 Å². The zero-order valence-electron chi connectivity index (χ0n) is 8.08. The molecular weight excluding hydrogens is 184 g/mol. The number of esters is 2. The Morgan fingerprint density at radius 2 is 1.36 bits per heavy atom. The van der Waals surface area contributed by atoms with Crippen molar-refractivity contribution in [3.05, 3.63) is 0 Å². The number of hydrogen-bond donors (Lipinski definition) is 0. The van der Waals surface area contributed by atoms with Gasteiger partial charge in [0, 0.05) is 12.8 Å². The van der Waals surface area contributed by atoms with E-state index in [4.69, 9.17) is 9.47 Å². The van der Waals surface area contributed by atoms with E-state index in [9.17, 15) is 9.59 Å². The first kappa shape index (κ1) is 9.49. The molecule has 0 unspecified atom stereocenters. The first-order valence-corrected chi connectivity index (χ1v) is 5.14. The van der Waals surface area contributed by atoms with Crippen LogP contribution in [0, 0.1) is 0 Å². The van der Waals surface area contributed by atoms with E-state index in [2.05, 4.69) is 0 Å². The first-order valence-electron chi connectivity index (χ1n) is 5.14. The van der Waals surface area contributed by atoms with Crippen LogP contribution in [0.3, 0.4) is 0 Å². The highest BCUT2D eigenvalue weighted by atomic mass is 16.7. The Hall–Kier alpha value is -1.06. The SMILES string of the molecule is O=C1CCC(=O)OC2(CCCCC2)O1. The van der Waals surface area contributed by atoms with Crippen molar-refractivity contribution in [2.45, 2.75) is 50.7 Å². The monoisotopic (exact) mass is 198 g/mol. The van der Waals surface area contributed by atoms with Crippen LogP contribution in [-0.4, -0.2) is 17.7 Å². The van der Waals surface area contributed by atoms with Gasteiger partial charge in [-0.15, -0.1) is 0 Å². The summed E-state index contributed by atoms with van der Waals surface area (Å²) in [5.74, 6) is -1.53. The predicted molar refractivity (Wildman–Crippen MR) is 47.2 cm³/mol. The van der Waals surface area contributed by atoms with E-state index in [1.807, 2.05) is 0 Å². The molecule has 0 radical (unpaired) electrons. The summed E-state index contributed by atoms with van der Waals surface area (Å²) in [6.07, 6.45) is 4.66. The normalized spacial score (nSPS) is 26.6. The van der Waals surface area contributed by atoms with Crippen molar-refractivity contribution in [3.8, 4) is 0 Å². The lowest BCUT2D eigenvalue weighted by molar-refractivity contribution is -0.231. The summed E-state index contributed by atoms with van der Waals surface area (Å²) < 4.78 is 10.5. The fourth-order valence-corrected chi connectivity index (χ4v) is 2.04. The van der Waals surface area contributed by atoms with Crippen molar-refractivity contribution in [2.24, 2.45) is 0 Å². The molecule has 0 bridgehead atoms. The molecule has 0 amide bonds. The molecular formula is C10H14O4. The molecule has 0 aromatic rings. The van der Waals surface area contributed by atoms with Crippen LogP contribution in [0.25, 0.3) is 0 Å². The molecule has 1 saturated heterocycles. The molecule has 4 nitrogen and oxygen atoms in total. The van der Waals surface area contributed by atoms with Crippen LogP contribution in [-0.2, 0) is 19.1 Å². The Balaban J connectivity index is 2.13. The Morgan fingerprint density at radius 1 is 0.857 bits per heavy atom. The minimum Gasteiger partial charge on any atom is -0.422 e. The summed E-state index contributed by atoms with van der Waals surface area (Å²) in [7, 11) is 0. The van der Waals surface area contributed by atoms with Gasteiger partial charge in [-0.3, -0.25) is 9.59 Å². The average Bonchev–Trinajstić information content (AvgIpc) is 2.27. The number of ether oxygens (including phenoxy) is 2. The molecule has 0 aromatic heterocycles. The molecule has 2 fully saturated rings. The van der Waals surface area contributed by atoms with Gasteiger partial charge in [-0.05, 0) is 12.8 Å². The lowest BCUT2D eigenvalue weighted by Crippen LogP contribution is -2.39. The molecule has 0 aromatic carbocycles. The molecule has 4 heteroatoms. The van der Waals surface area contributed by atoms with E-state index in [0.717, 1.165) is 19.3 Å². The Morgan fingerprint density at radius 3 is 1.86 bits per heavy atom. The summed E-state index contributed by atoms with van der Waals surface area (Å²) in [6, 6.07) is 0. The third-order valence-corrected chi connectivity index (χ3v) is 2.75. The van der Waals surface area contributed by atoms with Crippen LogP contribution < -0.4 is 0 Å². The molecule has 2 rings (SSSR count). The van der Waals surface area contributed by atoms with E-state index < -0.39 is 5.79 Å². The van der Waals surface area contributed by atoms with Crippen molar-refractivity contribution in [3.63, 3.8) is 0 Å². The molecule has 0 N–H and O–H groups in total. The highest BCUT2D eigenvalue weighted by Crippen LogP contribution is 2.35. The van der Waals surface area contributed by atoms with Crippen molar-refractivity contribution in [2.75, 3.05) is 0 Å². The zero-order chi connectivity index (χ0) is 10.0. The highest BCUT2D eigenvalue weighted by Gasteiger charge is 2.41. The van der Waals surface area contributed by atoms with Gasteiger partial charge in [0.1, 0.15) is 0 Å². The summed E-state index contributed by atoms with van der Waals surface area (Å²) in [5, 5.41) is 0. The number of carbonyl (C=O) groups is 2. The lowest BCUT2D eigenvalue weighted by atomic mass is 9.94. The van der Waals surface area contributed by atoms with Gasteiger partial charge in [-0.1, -0.05) is 6.42 Å². The lowest BCUT2D eigenvalue weighted by Gasteiger charge is -2.34. The molecule has 14 heavy (non-hydrogen) atoms. The fourth-order valence-electron chi connectivity index (χ4n) is 2.04. The molecule has 2 aliphatic rings. The van der Waals surface area contributed by atoms with E-state index in [0.29, 0.717) is 12.8 Å². The Labute approximate surface area is 82.6 Å². The smallest absolute Gasteiger partial charge is 0.309 e. The highest BCUT2D eigenvalue weighted by molar-refractivity contribution is 5.79. The summed E-state index contributed by atoms with van der Waals surface area (Å²) in [6.45, 7) is 0. The molecule has 1 aliphatic heterocycles. The Kier molecular flexibility index (Phi) is 2.44.